The van der Waals surface area contributed by atoms with E-state index in [4.69, 9.17) is 19.3 Å². The van der Waals surface area contributed by atoms with Crippen molar-refractivity contribution in [1.82, 2.24) is 14.7 Å². The summed E-state index contributed by atoms with van der Waals surface area (Å²) in [6, 6.07) is 18.3. The molecule has 2 aliphatic rings. The molecule has 2 aromatic carbocycles. The minimum Gasteiger partial charge on any atom is -0.497 e. The van der Waals surface area contributed by atoms with Gasteiger partial charge in [0, 0.05) is 45.0 Å². The fourth-order valence-electron chi connectivity index (χ4n) is 5.98. The van der Waals surface area contributed by atoms with Gasteiger partial charge in [-0.15, -0.1) is 0 Å². The first-order valence-corrected chi connectivity index (χ1v) is 14.2. The summed E-state index contributed by atoms with van der Waals surface area (Å²) in [7, 11) is 1.67. The molecule has 1 saturated heterocycles. The lowest BCUT2D eigenvalue weighted by Gasteiger charge is -2.39. The van der Waals surface area contributed by atoms with E-state index < -0.39 is 0 Å². The molecular weight excluding hydrogens is 490 g/mol. The minimum atomic E-state index is -0.00493. The molecule has 5 rings (SSSR count). The Balaban J connectivity index is 1.39. The van der Waals surface area contributed by atoms with Gasteiger partial charge in [-0.1, -0.05) is 49.4 Å². The average molecular weight is 532 g/mol. The molecule has 39 heavy (non-hydrogen) atoms. The van der Waals surface area contributed by atoms with Crippen molar-refractivity contribution < 1.29 is 19.0 Å². The number of fused-ring (bicyclic) bond motifs is 1. The standard InChI is InChI=1S/C32H41N3O4/c1-4-35-30-28(29(33-35)18-24(2)21-39-22-26-8-6-5-7-9-26)19-32(14-16-38-17-15-32)23-34(31(30)36)20-25-10-12-27(37-3)13-11-25/h5-13,24H,4,14-23H2,1-3H3. The van der Waals surface area contributed by atoms with Crippen molar-refractivity contribution in [2.24, 2.45) is 11.3 Å². The number of benzene rings is 2. The lowest BCUT2D eigenvalue weighted by atomic mass is 9.75. The van der Waals surface area contributed by atoms with Crippen LogP contribution in [-0.2, 0) is 42.0 Å². The molecule has 3 aromatic rings. The van der Waals surface area contributed by atoms with Crippen LogP contribution in [0.4, 0.5) is 0 Å². The van der Waals surface area contributed by atoms with Crippen LogP contribution in [0.25, 0.3) is 0 Å². The number of carbonyl (C=O) groups is 1. The Morgan fingerprint density at radius 1 is 1.05 bits per heavy atom. The summed E-state index contributed by atoms with van der Waals surface area (Å²) in [5.74, 6) is 1.19. The molecule has 1 unspecified atom stereocenters. The van der Waals surface area contributed by atoms with Crippen LogP contribution in [0.3, 0.4) is 0 Å². The fraction of sp³-hybridized carbons (Fsp3) is 0.500. The van der Waals surface area contributed by atoms with Crippen molar-refractivity contribution in [3.63, 3.8) is 0 Å². The maximum atomic E-state index is 14.2. The molecule has 1 aromatic heterocycles. The van der Waals surface area contributed by atoms with Crippen LogP contribution in [-0.4, -0.2) is 54.1 Å². The van der Waals surface area contributed by atoms with E-state index in [-0.39, 0.29) is 17.2 Å². The molecule has 2 aliphatic heterocycles. The van der Waals surface area contributed by atoms with Crippen molar-refractivity contribution in [2.75, 3.05) is 33.5 Å². The van der Waals surface area contributed by atoms with E-state index in [9.17, 15) is 4.79 Å². The normalized spacial score (nSPS) is 17.6. The van der Waals surface area contributed by atoms with Crippen molar-refractivity contribution in [2.45, 2.75) is 59.2 Å². The highest BCUT2D eigenvalue weighted by Crippen LogP contribution is 2.41. The predicted octanol–water partition coefficient (Wildman–Crippen LogP) is 5.30. The van der Waals surface area contributed by atoms with Crippen LogP contribution in [0.5, 0.6) is 5.75 Å². The first kappa shape index (κ1) is 27.4. The number of nitrogens with zero attached hydrogens (tertiary/aromatic N) is 3. The third-order valence-electron chi connectivity index (χ3n) is 8.14. The average Bonchev–Trinajstić information content (AvgIpc) is 3.24. The second-order valence-corrected chi connectivity index (χ2v) is 11.2. The van der Waals surface area contributed by atoms with E-state index in [1.807, 2.05) is 52.0 Å². The highest BCUT2D eigenvalue weighted by molar-refractivity contribution is 5.95. The zero-order chi connectivity index (χ0) is 27.2. The summed E-state index contributed by atoms with van der Waals surface area (Å²) in [6.45, 7) is 8.98. The molecule has 1 spiro atoms. The molecule has 0 N–H and O–H groups in total. The molecule has 0 radical (unpaired) electrons. The topological polar surface area (TPSA) is 65.8 Å². The van der Waals surface area contributed by atoms with E-state index in [1.165, 1.54) is 5.56 Å². The van der Waals surface area contributed by atoms with Gasteiger partial charge in [0.25, 0.3) is 5.91 Å². The molecular formula is C32H41N3O4. The number of carbonyl (C=O) groups excluding carboxylic acids is 1. The number of aromatic nitrogens is 2. The second kappa shape index (κ2) is 12.3. The van der Waals surface area contributed by atoms with Crippen LogP contribution in [0, 0.1) is 11.3 Å². The van der Waals surface area contributed by atoms with Gasteiger partial charge >= 0.3 is 0 Å². The Morgan fingerprint density at radius 3 is 2.49 bits per heavy atom. The molecule has 3 heterocycles. The molecule has 0 saturated carbocycles. The van der Waals surface area contributed by atoms with E-state index in [2.05, 4.69) is 26.0 Å². The third kappa shape index (κ3) is 6.36. The largest absolute Gasteiger partial charge is 0.497 e. The SMILES string of the molecule is CCn1nc(CC(C)COCc2ccccc2)c2c1C(=O)N(Cc1ccc(OC)cc1)CC1(CCOCC1)C2. The Labute approximate surface area is 232 Å². The number of amides is 1. The van der Waals surface area contributed by atoms with Crippen molar-refractivity contribution in [3.05, 3.63) is 82.7 Å². The number of aryl methyl sites for hydroxylation is 1. The van der Waals surface area contributed by atoms with Gasteiger partial charge in [0.05, 0.1) is 19.4 Å². The number of methoxy groups -OCH3 is 1. The van der Waals surface area contributed by atoms with Gasteiger partial charge in [-0.25, -0.2) is 0 Å². The highest BCUT2D eigenvalue weighted by atomic mass is 16.5. The maximum absolute atomic E-state index is 14.2. The number of hydrogen-bond donors (Lipinski definition) is 0. The van der Waals surface area contributed by atoms with E-state index in [1.54, 1.807) is 7.11 Å². The summed E-state index contributed by atoms with van der Waals surface area (Å²) in [5.41, 5.74) is 5.22. The van der Waals surface area contributed by atoms with Crippen LogP contribution >= 0.6 is 0 Å². The van der Waals surface area contributed by atoms with Gasteiger partial charge in [-0.2, -0.15) is 5.10 Å². The predicted molar refractivity (Wildman–Crippen MR) is 151 cm³/mol. The lowest BCUT2D eigenvalue weighted by Crippen LogP contribution is -2.43. The van der Waals surface area contributed by atoms with Gasteiger partial charge in [-0.3, -0.25) is 9.48 Å². The number of hydrogen-bond acceptors (Lipinski definition) is 5. The van der Waals surface area contributed by atoms with Crippen molar-refractivity contribution in [3.8, 4) is 5.75 Å². The first-order chi connectivity index (χ1) is 19.0. The minimum absolute atomic E-state index is 0.00493. The maximum Gasteiger partial charge on any atom is 0.272 e. The molecule has 208 valence electrons. The first-order valence-electron chi connectivity index (χ1n) is 14.2. The summed E-state index contributed by atoms with van der Waals surface area (Å²) in [5, 5.41) is 5.02. The number of rotatable bonds is 10. The zero-order valence-corrected chi connectivity index (χ0v) is 23.5. The van der Waals surface area contributed by atoms with Crippen molar-refractivity contribution >= 4 is 5.91 Å². The summed E-state index contributed by atoms with van der Waals surface area (Å²) in [6.07, 6.45) is 3.56. The molecule has 1 fully saturated rings. The lowest BCUT2D eigenvalue weighted by molar-refractivity contribution is -0.00210. The van der Waals surface area contributed by atoms with E-state index >= 15 is 0 Å². The Kier molecular flexibility index (Phi) is 8.68. The third-order valence-corrected chi connectivity index (χ3v) is 8.14. The van der Waals surface area contributed by atoms with Gasteiger partial charge < -0.3 is 19.1 Å². The molecule has 7 heteroatoms. The highest BCUT2D eigenvalue weighted by Gasteiger charge is 2.43. The Morgan fingerprint density at radius 2 is 1.79 bits per heavy atom. The number of ether oxygens (including phenoxy) is 3. The second-order valence-electron chi connectivity index (χ2n) is 11.2. The molecule has 0 bridgehead atoms. The molecule has 0 aliphatic carbocycles. The molecule has 7 nitrogen and oxygen atoms in total. The smallest absolute Gasteiger partial charge is 0.272 e. The van der Waals surface area contributed by atoms with E-state index in [0.717, 1.165) is 73.7 Å². The van der Waals surface area contributed by atoms with Crippen LogP contribution in [0.2, 0.25) is 0 Å². The fourth-order valence-corrected chi connectivity index (χ4v) is 5.98. The molecule has 1 atom stereocenters. The Bertz CT molecular complexity index is 1230. The summed E-state index contributed by atoms with van der Waals surface area (Å²) in [4.78, 5) is 16.2. The Hall–Kier alpha value is -3.16. The van der Waals surface area contributed by atoms with Gasteiger partial charge in [0.2, 0.25) is 0 Å². The van der Waals surface area contributed by atoms with Gasteiger partial charge in [0.15, 0.2) is 0 Å². The van der Waals surface area contributed by atoms with Crippen LogP contribution < -0.4 is 4.74 Å². The van der Waals surface area contributed by atoms with Crippen molar-refractivity contribution in [1.29, 1.82) is 0 Å². The van der Waals surface area contributed by atoms with Crippen LogP contribution in [0.15, 0.2) is 54.6 Å². The summed E-state index contributed by atoms with van der Waals surface area (Å²) < 4.78 is 19.1. The van der Waals surface area contributed by atoms with Crippen LogP contribution in [0.1, 0.15) is 59.6 Å². The van der Waals surface area contributed by atoms with Gasteiger partial charge in [-0.05, 0) is 67.2 Å². The zero-order valence-electron chi connectivity index (χ0n) is 23.5. The quantitative estimate of drug-likeness (QED) is 0.355. The van der Waals surface area contributed by atoms with E-state index in [0.29, 0.717) is 26.3 Å². The van der Waals surface area contributed by atoms with Gasteiger partial charge in [0.1, 0.15) is 11.4 Å². The summed E-state index contributed by atoms with van der Waals surface area (Å²) >= 11 is 0. The monoisotopic (exact) mass is 531 g/mol. The molecule has 1 amide bonds.